The standard InChI is InChI=1S/C28H21ClN6/c29-22-13-7-8-14-23(22)32-33-25-27(30)34-35-26(19-11-5-2-6-12-19)21-16-15-20(24(21)31-28(25)35)17-18-9-3-1-4-10-18/h1-14,17H,15-16H2,(H2,30,34)/b20-17-,33-32?. The molecule has 0 unspecified atom stereocenters. The lowest BCUT2D eigenvalue weighted by molar-refractivity contribution is 0.928. The van der Waals surface area contributed by atoms with Gasteiger partial charge in [0.05, 0.1) is 16.4 Å². The fourth-order valence-electron chi connectivity index (χ4n) is 4.48. The zero-order valence-corrected chi connectivity index (χ0v) is 19.5. The van der Waals surface area contributed by atoms with Crippen LogP contribution in [0, 0.1) is 0 Å². The molecule has 5 aromatic rings. The number of azo groups is 1. The van der Waals surface area contributed by atoms with Gasteiger partial charge in [-0.3, -0.25) is 0 Å². The lowest BCUT2D eigenvalue weighted by Gasteiger charge is -2.11. The van der Waals surface area contributed by atoms with Gasteiger partial charge in [0.25, 0.3) is 0 Å². The summed E-state index contributed by atoms with van der Waals surface area (Å²) in [7, 11) is 0. The van der Waals surface area contributed by atoms with Crippen LogP contribution in [0.4, 0.5) is 17.2 Å². The van der Waals surface area contributed by atoms with Gasteiger partial charge in [0.2, 0.25) is 0 Å². The fraction of sp³-hybridized carbons (Fsp3) is 0.0714. The van der Waals surface area contributed by atoms with Gasteiger partial charge in [0, 0.05) is 11.1 Å². The van der Waals surface area contributed by atoms with Gasteiger partial charge in [-0.05, 0) is 42.2 Å². The minimum absolute atomic E-state index is 0.266. The molecule has 1 aliphatic carbocycles. The van der Waals surface area contributed by atoms with E-state index in [1.165, 1.54) is 5.57 Å². The van der Waals surface area contributed by atoms with E-state index in [0.29, 0.717) is 22.0 Å². The molecule has 6 nitrogen and oxygen atoms in total. The molecule has 170 valence electrons. The molecule has 0 aliphatic heterocycles. The largest absolute Gasteiger partial charge is 0.380 e. The summed E-state index contributed by atoms with van der Waals surface area (Å²) in [6.07, 6.45) is 3.97. The second-order valence-corrected chi connectivity index (χ2v) is 8.76. The highest BCUT2D eigenvalue weighted by molar-refractivity contribution is 6.32. The number of halogens is 1. The average Bonchev–Trinajstić information content (AvgIpc) is 3.43. The first-order chi connectivity index (χ1) is 17.2. The number of nitrogens with two attached hydrogens (primary N) is 1. The Hall–Kier alpha value is -4.29. The van der Waals surface area contributed by atoms with Crippen LogP contribution in [-0.2, 0) is 6.42 Å². The van der Waals surface area contributed by atoms with E-state index in [-0.39, 0.29) is 5.82 Å². The molecule has 3 aromatic carbocycles. The normalized spacial score (nSPS) is 14.3. The summed E-state index contributed by atoms with van der Waals surface area (Å²) in [4.78, 5) is 5.04. The van der Waals surface area contributed by atoms with Crippen LogP contribution in [0.5, 0.6) is 0 Å². The van der Waals surface area contributed by atoms with Crippen LogP contribution in [0.25, 0.3) is 28.6 Å². The smallest absolute Gasteiger partial charge is 0.186 e. The number of nitrogen functional groups attached to an aromatic ring is 1. The number of fused-ring (bicyclic) bond motifs is 2. The molecule has 35 heavy (non-hydrogen) atoms. The van der Waals surface area contributed by atoms with Crippen LogP contribution in [0.3, 0.4) is 0 Å². The summed E-state index contributed by atoms with van der Waals surface area (Å²) in [6, 6.07) is 27.8. The minimum atomic E-state index is 0.266. The van der Waals surface area contributed by atoms with Crippen molar-refractivity contribution in [3.05, 3.63) is 107 Å². The molecule has 0 bridgehead atoms. The van der Waals surface area contributed by atoms with Gasteiger partial charge in [-0.2, -0.15) is 0 Å². The van der Waals surface area contributed by atoms with Crippen LogP contribution >= 0.6 is 11.6 Å². The maximum atomic E-state index is 6.35. The summed E-state index contributed by atoms with van der Waals surface area (Å²) >= 11 is 6.27. The highest BCUT2D eigenvalue weighted by Gasteiger charge is 2.27. The van der Waals surface area contributed by atoms with E-state index in [2.05, 4.69) is 45.7 Å². The van der Waals surface area contributed by atoms with Crippen molar-refractivity contribution in [3.8, 4) is 11.3 Å². The Bertz CT molecular complexity index is 1600. The molecular formula is C28H21ClN6. The molecule has 2 aromatic heterocycles. The summed E-state index contributed by atoms with van der Waals surface area (Å²) in [6.45, 7) is 0. The molecule has 2 N–H and O–H groups in total. The summed E-state index contributed by atoms with van der Waals surface area (Å²) in [5.41, 5.74) is 14.4. The molecule has 0 atom stereocenters. The van der Waals surface area contributed by atoms with Crippen molar-refractivity contribution in [2.45, 2.75) is 12.8 Å². The predicted octanol–water partition coefficient (Wildman–Crippen LogP) is 7.53. The molecule has 0 saturated carbocycles. The monoisotopic (exact) mass is 476 g/mol. The third-order valence-corrected chi connectivity index (χ3v) is 6.43. The number of aromatic nitrogens is 3. The van der Waals surface area contributed by atoms with E-state index < -0.39 is 0 Å². The Morgan fingerprint density at radius 1 is 0.857 bits per heavy atom. The average molecular weight is 477 g/mol. The summed E-state index contributed by atoms with van der Waals surface area (Å²) < 4.78 is 1.80. The molecule has 0 saturated heterocycles. The third kappa shape index (κ3) is 3.88. The van der Waals surface area contributed by atoms with Crippen molar-refractivity contribution in [1.29, 1.82) is 0 Å². The molecule has 6 rings (SSSR count). The van der Waals surface area contributed by atoms with Crippen molar-refractivity contribution in [2.24, 2.45) is 10.2 Å². The molecule has 0 radical (unpaired) electrons. The molecule has 2 heterocycles. The second-order valence-electron chi connectivity index (χ2n) is 8.35. The van der Waals surface area contributed by atoms with Gasteiger partial charge >= 0.3 is 0 Å². The number of benzene rings is 3. The molecule has 1 aliphatic rings. The Morgan fingerprint density at radius 2 is 1.57 bits per heavy atom. The van der Waals surface area contributed by atoms with Gasteiger partial charge in [-0.15, -0.1) is 15.3 Å². The third-order valence-electron chi connectivity index (χ3n) is 6.11. The lowest BCUT2D eigenvalue weighted by atomic mass is 10.0. The van der Waals surface area contributed by atoms with Crippen molar-refractivity contribution in [1.82, 2.24) is 14.6 Å². The molecular weight excluding hydrogens is 456 g/mol. The maximum Gasteiger partial charge on any atom is 0.186 e. The number of allylic oxidation sites excluding steroid dienone is 1. The van der Waals surface area contributed by atoms with E-state index in [1.54, 1.807) is 16.6 Å². The Morgan fingerprint density at radius 3 is 2.34 bits per heavy atom. The van der Waals surface area contributed by atoms with E-state index in [1.807, 2.05) is 48.5 Å². The second kappa shape index (κ2) is 8.81. The number of rotatable bonds is 4. The molecule has 0 spiro atoms. The Kier molecular flexibility index (Phi) is 5.35. The predicted molar refractivity (Wildman–Crippen MR) is 141 cm³/mol. The number of hydrogen-bond acceptors (Lipinski definition) is 5. The van der Waals surface area contributed by atoms with Crippen molar-refractivity contribution in [2.75, 3.05) is 5.73 Å². The van der Waals surface area contributed by atoms with Gasteiger partial charge in [0.1, 0.15) is 5.69 Å². The molecule has 0 amide bonds. The molecule has 7 heteroatoms. The van der Waals surface area contributed by atoms with Crippen molar-refractivity contribution >= 4 is 46.1 Å². The SMILES string of the molecule is Nc1nn2c(-c3ccccc3)c3c(nc2c1N=Nc1ccccc1Cl)/C(=C\c1ccccc1)CC3. The van der Waals surface area contributed by atoms with Crippen LogP contribution in [0.15, 0.2) is 95.2 Å². The minimum Gasteiger partial charge on any atom is -0.380 e. The number of anilines is 1. The van der Waals surface area contributed by atoms with Crippen LogP contribution in [0.2, 0.25) is 5.02 Å². The fourth-order valence-corrected chi connectivity index (χ4v) is 4.66. The van der Waals surface area contributed by atoms with Gasteiger partial charge in [-0.1, -0.05) is 84.4 Å². The van der Waals surface area contributed by atoms with Gasteiger partial charge < -0.3 is 5.73 Å². The first-order valence-electron chi connectivity index (χ1n) is 11.4. The number of nitrogens with zero attached hydrogens (tertiary/aromatic N) is 5. The highest BCUT2D eigenvalue weighted by Crippen LogP contribution is 2.41. The van der Waals surface area contributed by atoms with Crippen LogP contribution < -0.4 is 5.73 Å². The van der Waals surface area contributed by atoms with E-state index in [9.17, 15) is 0 Å². The van der Waals surface area contributed by atoms with Crippen molar-refractivity contribution < 1.29 is 0 Å². The van der Waals surface area contributed by atoms with Crippen LogP contribution in [0.1, 0.15) is 23.2 Å². The first kappa shape index (κ1) is 21.3. The van der Waals surface area contributed by atoms with Gasteiger partial charge in [-0.25, -0.2) is 9.50 Å². The van der Waals surface area contributed by atoms with Crippen LogP contribution in [-0.4, -0.2) is 14.6 Å². The lowest BCUT2D eigenvalue weighted by Crippen LogP contribution is -2.03. The van der Waals surface area contributed by atoms with E-state index in [0.717, 1.165) is 40.9 Å². The topological polar surface area (TPSA) is 80.9 Å². The van der Waals surface area contributed by atoms with E-state index in [4.69, 9.17) is 22.3 Å². The first-order valence-corrected chi connectivity index (χ1v) is 11.8. The zero-order chi connectivity index (χ0) is 23.8. The summed E-state index contributed by atoms with van der Waals surface area (Å²) in [5.74, 6) is 0.266. The highest BCUT2D eigenvalue weighted by atomic mass is 35.5. The Balaban J connectivity index is 1.58. The van der Waals surface area contributed by atoms with Crippen molar-refractivity contribution in [3.63, 3.8) is 0 Å². The van der Waals surface area contributed by atoms with E-state index >= 15 is 0 Å². The number of hydrogen-bond donors (Lipinski definition) is 1. The van der Waals surface area contributed by atoms with Gasteiger partial charge in [0.15, 0.2) is 17.2 Å². The quantitative estimate of drug-likeness (QED) is 0.272. The summed E-state index contributed by atoms with van der Waals surface area (Å²) in [5, 5.41) is 13.9. The molecule has 0 fully saturated rings. The maximum absolute atomic E-state index is 6.35. The zero-order valence-electron chi connectivity index (χ0n) is 18.8. The Labute approximate surface area is 207 Å².